The third kappa shape index (κ3) is 5.36. The van der Waals surface area contributed by atoms with E-state index in [-0.39, 0.29) is 52.8 Å². The average Bonchev–Trinajstić information content (AvgIpc) is 3.00. The number of fused-ring (bicyclic) bond motifs is 1. The van der Waals surface area contributed by atoms with Gasteiger partial charge in [0.2, 0.25) is 0 Å². The van der Waals surface area contributed by atoms with Crippen LogP contribution in [0.2, 0.25) is 0 Å². The Morgan fingerprint density at radius 1 is 1.29 bits per heavy atom. The van der Waals surface area contributed by atoms with Crippen molar-refractivity contribution in [2.45, 2.75) is 32.9 Å². The zero-order valence-corrected chi connectivity index (χ0v) is 17.8. The quantitative estimate of drug-likeness (QED) is 0.523. The Kier molecular flexibility index (Phi) is 8.06. The lowest BCUT2D eigenvalue weighted by Crippen LogP contribution is -2.40. The van der Waals surface area contributed by atoms with Gasteiger partial charge in [0, 0.05) is 31.0 Å². The molecule has 3 heterocycles. The van der Waals surface area contributed by atoms with Crippen molar-refractivity contribution >= 4 is 40.1 Å². The van der Waals surface area contributed by atoms with Crippen LogP contribution in [0.3, 0.4) is 0 Å². The van der Waals surface area contributed by atoms with E-state index in [0.717, 1.165) is 21.5 Å². The third-order valence-corrected chi connectivity index (χ3v) is 5.62. The largest absolute Gasteiger partial charge is 0.512 e. The predicted octanol–water partition coefficient (Wildman–Crippen LogP) is 3.82. The second kappa shape index (κ2) is 10.3. The molecule has 0 aliphatic heterocycles. The van der Waals surface area contributed by atoms with Gasteiger partial charge in [0.15, 0.2) is 5.06 Å². The van der Waals surface area contributed by atoms with E-state index < -0.39 is 23.5 Å². The van der Waals surface area contributed by atoms with Gasteiger partial charge in [0.05, 0.1) is 5.39 Å². The number of rotatable bonds is 7. The molecule has 0 aliphatic carbocycles. The van der Waals surface area contributed by atoms with Crippen molar-refractivity contribution in [3.8, 4) is 5.06 Å². The zero-order chi connectivity index (χ0) is 21.8. The van der Waals surface area contributed by atoms with E-state index >= 15 is 0 Å². The summed E-state index contributed by atoms with van der Waals surface area (Å²) in [6, 6.07) is 3.54. The highest BCUT2D eigenvalue weighted by molar-refractivity contribution is 7.20. The second-order valence-electron chi connectivity index (χ2n) is 6.35. The van der Waals surface area contributed by atoms with Gasteiger partial charge in [-0.1, -0.05) is 17.4 Å². The maximum absolute atomic E-state index is 13.0. The normalized spacial score (nSPS) is 10.5. The molecule has 0 aromatic carbocycles. The molecule has 1 N–H and O–H groups in total. The van der Waals surface area contributed by atoms with Crippen LogP contribution in [0.5, 0.6) is 5.06 Å². The van der Waals surface area contributed by atoms with Gasteiger partial charge in [-0.3, -0.25) is 18.9 Å². The SMILES string of the molecule is Cc1c(OC(=O)O)sc2c1c(=O)n(CCc1cccnc1)c(=O)n2CCC=C(F)F.Cl. The molecule has 31 heavy (non-hydrogen) atoms. The summed E-state index contributed by atoms with van der Waals surface area (Å²) in [7, 11) is 0. The summed E-state index contributed by atoms with van der Waals surface area (Å²) in [5.74, 6) is 0. The van der Waals surface area contributed by atoms with Crippen molar-refractivity contribution in [1.82, 2.24) is 14.1 Å². The molecule has 0 unspecified atom stereocenters. The van der Waals surface area contributed by atoms with Crippen LogP contribution < -0.4 is 16.0 Å². The standard InChI is InChI=1S/C19H17F2N3O5S.ClH/c1-11-14-15(25)23(9-6-12-4-2-7-22-10-12)18(26)24(8-3-5-13(20)21)16(14)30-17(11)29-19(27)28;/h2,4-5,7,10H,3,6,8-9H2,1H3,(H,27,28);1H. The van der Waals surface area contributed by atoms with E-state index in [1.807, 2.05) is 0 Å². The number of allylic oxidation sites excluding steroid dienone is 1. The Hall–Kier alpha value is -3.05. The van der Waals surface area contributed by atoms with Crippen molar-refractivity contribution in [3.63, 3.8) is 0 Å². The molecule has 0 spiro atoms. The van der Waals surface area contributed by atoms with Gasteiger partial charge in [0.1, 0.15) is 4.83 Å². The molecule has 0 amide bonds. The second-order valence-corrected chi connectivity index (χ2v) is 7.31. The van der Waals surface area contributed by atoms with Crippen LogP contribution >= 0.6 is 23.7 Å². The molecule has 0 fully saturated rings. The molecule has 3 aromatic heterocycles. The summed E-state index contributed by atoms with van der Waals surface area (Å²) >= 11 is 0.818. The van der Waals surface area contributed by atoms with Gasteiger partial charge in [-0.05, 0) is 37.5 Å². The number of hydrogen-bond donors (Lipinski definition) is 1. The van der Waals surface area contributed by atoms with Crippen molar-refractivity contribution in [3.05, 3.63) is 68.6 Å². The fraction of sp³-hybridized carbons (Fsp3) is 0.263. The first kappa shape index (κ1) is 24.2. The Balaban J connectivity index is 0.00000341. The van der Waals surface area contributed by atoms with Gasteiger partial charge in [-0.2, -0.15) is 8.78 Å². The van der Waals surface area contributed by atoms with Crippen LogP contribution in [-0.4, -0.2) is 25.4 Å². The van der Waals surface area contributed by atoms with Gasteiger partial charge in [-0.25, -0.2) is 9.59 Å². The molecule has 0 bridgehead atoms. The molecule has 3 rings (SSSR count). The Bertz CT molecular complexity index is 1230. The highest BCUT2D eigenvalue weighted by atomic mass is 35.5. The van der Waals surface area contributed by atoms with Gasteiger partial charge >= 0.3 is 11.8 Å². The maximum Gasteiger partial charge on any atom is 0.512 e. The van der Waals surface area contributed by atoms with Crippen molar-refractivity contribution < 1.29 is 23.4 Å². The summed E-state index contributed by atoms with van der Waals surface area (Å²) in [5.41, 5.74) is -0.156. The number of aromatic nitrogens is 3. The first-order valence-electron chi connectivity index (χ1n) is 8.87. The van der Waals surface area contributed by atoms with Crippen LogP contribution in [0, 0.1) is 6.92 Å². The van der Waals surface area contributed by atoms with Crippen molar-refractivity contribution in [1.29, 1.82) is 0 Å². The summed E-state index contributed by atoms with van der Waals surface area (Å²) in [6.07, 6.45) is 0.688. The monoisotopic (exact) mass is 473 g/mol. The number of pyridine rings is 1. The predicted molar refractivity (Wildman–Crippen MR) is 114 cm³/mol. The van der Waals surface area contributed by atoms with E-state index in [1.54, 1.807) is 24.5 Å². The highest BCUT2D eigenvalue weighted by Crippen LogP contribution is 2.34. The Labute approximate surface area is 184 Å². The average molecular weight is 474 g/mol. The zero-order valence-electron chi connectivity index (χ0n) is 16.2. The summed E-state index contributed by atoms with van der Waals surface area (Å²) in [6.45, 7) is 1.46. The number of aryl methyl sites for hydroxylation is 3. The summed E-state index contributed by atoms with van der Waals surface area (Å²) in [5, 5.41) is 9.00. The highest BCUT2D eigenvalue weighted by Gasteiger charge is 2.22. The lowest BCUT2D eigenvalue weighted by atomic mass is 10.2. The van der Waals surface area contributed by atoms with E-state index in [0.29, 0.717) is 12.5 Å². The van der Waals surface area contributed by atoms with E-state index in [2.05, 4.69) is 4.98 Å². The molecule has 0 atom stereocenters. The number of nitrogens with zero attached hydrogens (tertiary/aromatic N) is 3. The fourth-order valence-corrected chi connectivity index (χ4v) is 4.20. The molecule has 0 saturated heterocycles. The molecular formula is C19H18ClF2N3O5S. The van der Waals surface area contributed by atoms with Crippen molar-refractivity contribution in [2.75, 3.05) is 0 Å². The first-order valence-corrected chi connectivity index (χ1v) is 9.68. The number of thiophene rings is 1. The first-order chi connectivity index (χ1) is 14.3. The minimum Gasteiger partial charge on any atom is -0.449 e. The van der Waals surface area contributed by atoms with Crippen LogP contribution in [0.1, 0.15) is 17.5 Å². The van der Waals surface area contributed by atoms with E-state index in [4.69, 9.17) is 9.84 Å². The Morgan fingerprint density at radius 3 is 2.65 bits per heavy atom. The maximum atomic E-state index is 13.0. The number of halogens is 3. The number of carboxylic acid groups (broad SMARTS) is 1. The minimum atomic E-state index is -1.87. The Morgan fingerprint density at radius 2 is 2.03 bits per heavy atom. The number of carbonyl (C=O) groups is 1. The number of hydrogen-bond acceptors (Lipinski definition) is 6. The molecule has 12 heteroatoms. The fourth-order valence-electron chi connectivity index (χ4n) is 3.03. The van der Waals surface area contributed by atoms with Gasteiger partial charge < -0.3 is 9.84 Å². The summed E-state index contributed by atoms with van der Waals surface area (Å²) in [4.78, 5) is 41.1. The van der Waals surface area contributed by atoms with E-state index in [1.165, 1.54) is 11.5 Å². The van der Waals surface area contributed by atoms with Gasteiger partial charge in [0.25, 0.3) is 11.6 Å². The van der Waals surface area contributed by atoms with E-state index in [9.17, 15) is 23.2 Å². The van der Waals surface area contributed by atoms with Crippen LogP contribution in [0.15, 0.2) is 46.3 Å². The van der Waals surface area contributed by atoms with Crippen LogP contribution in [-0.2, 0) is 19.5 Å². The third-order valence-electron chi connectivity index (χ3n) is 4.43. The molecule has 8 nitrogen and oxygen atoms in total. The molecule has 3 aromatic rings. The van der Waals surface area contributed by atoms with Gasteiger partial charge in [-0.15, -0.1) is 12.4 Å². The minimum absolute atomic E-state index is 0. The van der Waals surface area contributed by atoms with Crippen LogP contribution in [0.4, 0.5) is 13.6 Å². The lowest BCUT2D eigenvalue weighted by molar-refractivity contribution is 0.145. The molecule has 166 valence electrons. The molecule has 0 aliphatic rings. The van der Waals surface area contributed by atoms with Crippen molar-refractivity contribution in [2.24, 2.45) is 0 Å². The molecular weight excluding hydrogens is 456 g/mol. The number of ether oxygens (including phenoxy) is 1. The topological polar surface area (TPSA) is 103 Å². The van der Waals surface area contributed by atoms with Crippen LogP contribution in [0.25, 0.3) is 10.2 Å². The molecule has 0 radical (unpaired) electrons. The smallest absolute Gasteiger partial charge is 0.449 e. The summed E-state index contributed by atoms with van der Waals surface area (Å²) < 4.78 is 31.8. The lowest BCUT2D eigenvalue weighted by Gasteiger charge is -2.11. The molecule has 0 saturated carbocycles.